The van der Waals surface area contributed by atoms with Crippen molar-refractivity contribution < 1.29 is 13.6 Å². The first-order valence-corrected chi connectivity index (χ1v) is 9.33. The molecular formula is C13H23FO2Si. The van der Waals surface area contributed by atoms with Crippen molar-refractivity contribution in [3.63, 3.8) is 0 Å². The van der Waals surface area contributed by atoms with Gasteiger partial charge in [-0.05, 0) is 36.9 Å². The van der Waals surface area contributed by atoms with Crippen LogP contribution in [0.25, 0.3) is 0 Å². The Hall–Kier alpha value is -0.223. The summed E-state index contributed by atoms with van der Waals surface area (Å²) in [5.74, 6) is 0.0657. The van der Waals surface area contributed by atoms with Gasteiger partial charge < -0.3 is 4.43 Å². The predicted octanol–water partition coefficient (Wildman–Crippen LogP) is 3.33. The van der Waals surface area contributed by atoms with Crippen LogP contribution in [0.2, 0.25) is 18.1 Å². The Labute approximate surface area is 104 Å². The number of Topliss-reactive ketones (excluding diaryl/α,β-unsaturated/α-hetero) is 1. The third kappa shape index (κ3) is 1.99. The molecule has 17 heavy (non-hydrogen) atoms. The zero-order chi connectivity index (χ0) is 13.1. The minimum absolute atomic E-state index is 0.144. The number of ketones is 1. The minimum atomic E-state index is -1.82. The fourth-order valence-corrected chi connectivity index (χ4v) is 3.49. The first-order valence-electron chi connectivity index (χ1n) is 6.42. The molecule has 2 nitrogen and oxygen atoms in total. The maximum Gasteiger partial charge on any atom is 0.192 e. The zero-order valence-corrected chi connectivity index (χ0v) is 12.5. The quantitative estimate of drug-likeness (QED) is 0.726. The first-order chi connectivity index (χ1) is 7.60. The van der Waals surface area contributed by atoms with Crippen molar-refractivity contribution in [2.24, 2.45) is 11.3 Å². The predicted molar refractivity (Wildman–Crippen MR) is 68.2 cm³/mol. The maximum atomic E-state index is 13.3. The molecule has 0 radical (unpaired) electrons. The summed E-state index contributed by atoms with van der Waals surface area (Å²) in [6.45, 7) is 11.3. The molecule has 0 amide bonds. The lowest BCUT2D eigenvalue weighted by Gasteiger charge is -2.37. The van der Waals surface area contributed by atoms with E-state index in [1.165, 1.54) is 0 Å². The molecule has 0 saturated heterocycles. The van der Waals surface area contributed by atoms with Gasteiger partial charge in [-0.15, -0.1) is 0 Å². The van der Waals surface area contributed by atoms with Gasteiger partial charge in [0.25, 0.3) is 0 Å². The van der Waals surface area contributed by atoms with E-state index in [1.807, 2.05) is 0 Å². The number of alkyl halides is 1. The molecule has 0 spiro atoms. The SMILES string of the molecule is CC(C)(C)[Si](C)(C)OC[C@@]12C[C@@H]1C[C@H](F)C2=O. The van der Waals surface area contributed by atoms with Crippen LogP contribution in [-0.4, -0.2) is 26.9 Å². The van der Waals surface area contributed by atoms with Crippen molar-refractivity contribution in [1.29, 1.82) is 0 Å². The summed E-state index contributed by atoms with van der Waals surface area (Å²) >= 11 is 0. The van der Waals surface area contributed by atoms with E-state index >= 15 is 0 Å². The molecule has 2 saturated carbocycles. The third-order valence-corrected chi connectivity index (χ3v) is 9.47. The normalized spacial score (nSPS) is 37.2. The lowest BCUT2D eigenvalue weighted by atomic mass is 10.0. The highest BCUT2D eigenvalue weighted by molar-refractivity contribution is 6.74. The van der Waals surface area contributed by atoms with E-state index in [4.69, 9.17) is 4.43 Å². The first kappa shape index (κ1) is 13.2. The highest BCUT2D eigenvalue weighted by Gasteiger charge is 2.67. The molecule has 0 N–H and O–H groups in total. The van der Waals surface area contributed by atoms with Crippen LogP contribution in [0.15, 0.2) is 0 Å². The second kappa shape index (κ2) is 3.64. The molecule has 0 unspecified atom stereocenters. The van der Waals surface area contributed by atoms with E-state index in [-0.39, 0.29) is 16.7 Å². The minimum Gasteiger partial charge on any atom is -0.416 e. The number of rotatable bonds is 3. The number of halogens is 1. The van der Waals surface area contributed by atoms with Crippen LogP contribution in [0.1, 0.15) is 33.6 Å². The number of carbonyl (C=O) groups is 1. The van der Waals surface area contributed by atoms with Crippen molar-refractivity contribution in [2.45, 2.75) is 57.9 Å². The molecule has 0 aromatic heterocycles. The van der Waals surface area contributed by atoms with Crippen LogP contribution >= 0.6 is 0 Å². The van der Waals surface area contributed by atoms with Crippen LogP contribution < -0.4 is 0 Å². The average Bonchev–Trinajstić information content (AvgIpc) is 2.81. The smallest absolute Gasteiger partial charge is 0.192 e. The van der Waals surface area contributed by atoms with Gasteiger partial charge in [0.1, 0.15) is 0 Å². The van der Waals surface area contributed by atoms with Gasteiger partial charge in [-0.1, -0.05) is 20.8 Å². The van der Waals surface area contributed by atoms with Crippen LogP contribution in [0.3, 0.4) is 0 Å². The van der Waals surface area contributed by atoms with Crippen LogP contribution in [0, 0.1) is 11.3 Å². The van der Waals surface area contributed by atoms with Crippen LogP contribution in [-0.2, 0) is 9.22 Å². The summed E-state index contributed by atoms with van der Waals surface area (Å²) in [4.78, 5) is 11.8. The van der Waals surface area contributed by atoms with E-state index in [9.17, 15) is 9.18 Å². The molecule has 0 aromatic carbocycles. The van der Waals surface area contributed by atoms with Gasteiger partial charge in [0.15, 0.2) is 20.3 Å². The number of hydrogen-bond donors (Lipinski definition) is 0. The summed E-state index contributed by atoms with van der Waals surface area (Å²) < 4.78 is 19.4. The van der Waals surface area contributed by atoms with Crippen molar-refractivity contribution in [3.8, 4) is 0 Å². The molecule has 98 valence electrons. The average molecular weight is 258 g/mol. The van der Waals surface area contributed by atoms with Crippen LogP contribution in [0.5, 0.6) is 0 Å². The monoisotopic (exact) mass is 258 g/mol. The number of hydrogen-bond acceptors (Lipinski definition) is 2. The summed E-state index contributed by atoms with van der Waals surface area (Å²) in [5.41, 5.74) is -0.436. The van der Waals surface area contributed by atoms with E-state index in [2.05, 4.69) is 33.9 Å². The summed E-state index contributed by atoms with van der Waals surface area (Å²) in [5, 5.41) is 0.144. The van der Waals surface area contributed by atoms with Crippen molar-refractivity contribution in [2.75, 3.05) is 6.61 Å². The van der Waals surface area contributed by atoms with Crippen molar-refractivity contribution in [1.82, 2.24) is 0 Å². The maximum absolute atomic E-state index is 13.3. The molecule has 0 aromatic rings. The Bertz CT molecular complexity index is 348. The van der Waals surface area contributed by atoms with Gasteiger partial charge in [-0.3, -0.25) is 4.79 Å². The molecule has 0 bridgehead atoms. The number of carbonyl (C=O) groups excluding carboxylic acids is 1. The van der Waals surface area contributed by atoms with E-state index in [0.29, 0.717) is 13.0 Å². The fraction of sp³-hybridized carbons (Fsp3) is 0.923. The van der Waals surface area contributed by atoms with Gasteiger partial charge in [-0.25, -0.2) is 4.39 Å². The zero-order valence-electron chi connectivity index (χ0n) is 11.5. The van der Waals surface area contributed by atoms with E-state index in [1.54, 1.807) is 0 Å². The molecule has 2 aliphatic rings. The molecule has 2 aliphatic carbocycles. The molecule has 0 heterocycles. The lowest BCUT2D eigenvalue weighted by molar-refractivity contribution is -0.128. The summed E-state index contributed by atoms with van der Waals surface area (Å²) in [7, 11) is -1.82. The third-order valence-electron chi connectivity index (χ3n) is 5.00. The molecule has 4 heteroatoms. The van der Waals surface area contributed by atoms with E-state index in [0.717, 1.165) is 6.42 Å². The highest BCUT2D eigenvalue weighted by Crippen LogP contribution is 2.62. The Morgan fingerprint density at radius 3 is 2.47 bits per heavy atom. The highest BCUT2D eigenvalue weighted by atomic mass is 28.4. The van der Waals surface area contributed by atoms with E-state index < -0.39 is 19.9 Å². The van der Waals surface area contributed by atoms with Gasteiger partial charge in [0.2, 0.25) is 0 Å². The molecule has 2 fully saturated rings. The molecule has 3 atom stereocenters. The summed E-state index contributed by atoms with van der Waals surface area (Å²) in [6, 6.07) is 0. The Balaban J connectivity index is 1.99. The molecule has 0 aliphatic heterocycles. The largest absolute Gasteiger partial charge is 0.416 e. The molecule has 2 rings (SSSR count). The number of fused-ring (bicyclic) bond motifs is 1. The van der Waals surface area contributed by atoms with Crippen LogP contribution in [0.4, 0.5) is 4.39 Å². The van der Waals surface area contributed by atoms with Crippen molar-refractivity contribution >= 4 is 14.1 Å². The summed E-state index contributed by atoms with van der Waals surface area (Å²) in [6.07, 6.45) is 0.0531. The molecular weight excluding hydrogens is 235 g/mol. The lowest BCUT2D eigenvalue weighted by Crippen LogP contribution is -2.43. The van der Waals surface area contributed by atoms with Gasteiger partial charge >= 0.3 is 0 Å². The van der Waals surface area contributed by atoms with Gasteiger partial charge in [-0.2, -0.15) is 0 Å². The Kier molecular flexibility index (Phi) is 2.83. The standard InChI is InChI=1S/C13H23FO2Si/c1-12(2,3)17(4,5)16-8-13-7-9(13)6-10(14)11(13)15/h9-10H,6-8H2,1-5H3/t9-,10-,13-/m0/s1. The topological polar surface area (TPSA) is 26.3 Å². The Morgan fingerprint density at radius 1 is 1.47 bits per heavy atom. The second-order valence-electron chi connectivity index (χ2n) is 7.17. The van der Waals surface area contributed by atoms with Gasteiger partial charge in [0, 0.05) is 6.61 Å². The van der Waals surface area contributed by atoms with Gasteiger partial charge in [0.05, 0.1) is 5.41 Å². The van der Waals surface area contributed by atoms with Crippen molar-refractivity contribution in [3.05, 3.63) is 0 Å². The second-order valence-corrected chi connectivity index (χ2v) is 12.0. The Morgan fingerprint density at radius 2 is 2.06 bits per heavy atom. The fourth-order valence-electron chi connectivity index (χ4n) is 2.43.